The van der Waals surface area contributed by atoms with Crippen molar-refractivity contribution in [1.82, 2.24) is 4.31 Å². The molecule has 2 fully saturated rings. The Bertz CT molecular complexity index is 624. The highest BCUT2D eigenvalue weighted by Crippen LogP contribution is 2.28. The maximum atomic E-state index is 12.8. The number of benzene rings is 1. The number of piperidine rings is 1. The van der Waals surface area contributed by atoms with Gasteiger partial charge in [-0.05, 0) is 69.7 Å². The van der Waals surface area contributed by atoms with E-state index >= 15 is 0 Å². The van der Waals surface area contributed by atoms with Crippen LogP contribution in [0.2, 0.25) is 0 Å². The lowest BCUT2D eigenvalue weighted by Crippen LogP contribution is -2.48. The van der Waals surface area contributed by atoms with Crippen molar-refractivity contribution < 1.29 is 13.2 Å². The molecule has 1 aromatic rings. The Morgan fingerprint density at radius 3 is 2.39 bits per heavy atom. The Morgan fingerprint density at radius 2 is 1.78 bits per heavy atom. The van der Waals surface area contributed by atoms with E-state index in [4.69, 9.17) is 10.5 Å². The number of rotatable bonds is 4. The molecule has 1 aliphatic carbocycles. The van der Waals surface area contributed by atoms with Crippen LogP contribution in [0.15, 0.2) is 29.2 Å². The summed E-state index contributed by atoms with van der Waals surface area (Å²) >= 11 is 0. The smallest absolute Gasteiger partial charge is 0.243 e. The maximum Gasteiger partial charge on any atom is 0.243 e. The number of ether oxygens (including phenoxy) is 1. The van der Waals surface area contributed by atoms with Crippen LogP contribution in [0, 0.1) is 0 Å². The number of sulfonamides is 1. The summed E-state index contributed by atoms with van der Waals surface area (Å²) in [7, 11) is -3.46. The molecule has 0 spiro atoms. The Labute approximate surface area is 138 Å². The predicted molar refractivity (Wildman–Crippen MR) is 89.9 cm³/mol. The SMILES string of the molecule is C[C@@H]1C[C@H](N)CCN1S(=O)(=O)c1ccc(OC2CCCC2)cc1. The van der Waals surface area contributed by atoms with Gasteiger partial charge in [0.1, 0.15) is 5.75 Å². The lowest BCUT2D eigenvalue weighted by Gasteiger charge is -2.35. The number of nitrogens with two attached hydrogens (primary N) is 1. The van der Waals surface area contributed by atoms with Crippen LogP contribution in [-0.4, -0.2) is 37.5 Å². The largest absolute Gasteiger partial charge is 0.490 e. The summed E-state index contributed by atoms with van der Waals surface area (Å²) in [6.45, 7) is 2.42. The summed E-state index contributed by atoms with van der Waals surface area (Å²) in [4.78, 5) is 0.332. The minimum absolute atomic E-state index is 0.0573. The van der Waals surface area contributed by atoms with Crippen molar-refractivity contribution in [2.24, 2.45) is 5.73 Å². The van der Waals surface area contributed by atoms with E-state index in [1.165, 1.54) is 12.8 Å². The molecule has 23 heavy (non-hydrogen) atoms. The Kier molecular flexibility index (Phi) is 4.94. The fraction of sp³-hybridized carbons (Fsp3) is 0.647. The zero-order chi connectivity index (χ0) is 16.4. The zero-order valence-electron chi connectivity index (χ0n) is 13.6. The van der Waals surface area contributed by atoms with Gasteiger partial charge in [0.05, 0.1) is 11.0 Å². The molecule has 3 rings (SSSR count). The third kappa shape index (κ3) is 3.70. The number of hydrogen-bond donors (Lipinski definition) is 1. The molecule has 0 unspecified atom stereocenters. The molecule has 2 N–H and O–H groups in total. The van der Waals surface area contributed by atoms with Gasteiger partial charge >= 0.3 is 0 Å². The van der Waals surface area contributed by atoms with Gasteiger partial charge in [0.15, 0.2) is 0 Å². The fourth-order valence-electron chi connectivity index (χ4n) is 3.57. The van der Waals surface area contributed by atoms with Crippen LogP contribution in [0.4, 0.5) is 0 Å². The first-order valence-corrected chi connectivity index (χ1v) is 9.95. The van der Waals surface area contributed by atoms with Gasteiger partial charge in [-0.2, -0.15) is 4.31 Å². The highest BCUT2D eigenvalue weighted by Gasteiger charge is 2.33. The molecule has 1 aliphatic heterocycles. The Balaban J connectivity index is 1.72. The van der Waals surface area contributed by atoms with E-state index < -0.39 is 10.0 Å². The van der Waals surface area contributed by atoms with Crippen molar-refractivity contribution in [2.75, 3.05) is 6.54 Å². The molecule has 0 amide bonds. The van der Waals surface area contributed by atoms with Crippen LogP contribution in [0.3, 0.4) is 0 Å². The van der Waals surface area contributed by atoms with E-state index in [1.807, 2.05) is 6.92 Å². The van der Waals surface area contributed by atoms with Gasteiger partial charge in [0.2, 0.25) is 10.0 Å². The van der Waals surface area contributed by atoms with Crippen molar-refractivity contribution in [3.8, 4) is 5.75 Å². The molecule has 1 saturated heterocycles. The molecule has 1 aromatic carbocycles. The van der Waals surface area contributed by atoms with Gasteiger partial charge in [0, 0.05) is 18.6 Å². The summed E-state index contributed by atoms with van der Waals surface area (Å²) in [5, 5.41) is 0. The molecule has 0 radical (unpaired) electrons. The summed E-state index contributed by atoms with van der Waals surface area (Å²) in [5.74, 6) is 0.754. The van der Waals surface area contributed by atoms with Crippen LogP contribution < -0.4 is 10.5 Å². The first-order chi connectivity index (χ1) is 11.0. The van der Waals surface area contributed by atoms with E-state index in [1.54, 1.807) is 28.6 Å². The minimum atomic E-state index is -3.46. The average Bonchev–Trinajstić information content (AvgIpc) is 3.00. The van der Waals surface area contributed by atoms with Crippen LogP contribution >= 0.6 is 0 Å². The second kappa shape index (κ2) is 6.79. The van der Waals surface area contributed by atoms with Gasteiger partial charge in [-0.1, -0.05) is 0 Å². The molecule has 2 atom stereocenters. The monoisotopic (exact) mass is 338 g/mol. The van der Waals surface area contributed by atoms with E-state index in [9.17, 15) is 8.42 Å². The molecule has 6 heteroatoms. The normalized spacial score (nSPS) is 27.2. The van der Waals surface area contributed by atoms with Crippen LogP contribution in [0.5, 0.6) is 5.75 Å². The third-order valence-electron chi connectivity index (χ3n) is 4.89. The lowest BCUT2D eigenvalue weighted by molar-refractivity contribution is 0.210. The lowest BCUT2D eigenvalue weighted by atomic mass is 10.0. The molecule has 1 saturated carbocycles. The van der Waals surface area contributed by atoms with Crippen LogP contribution in [-0.2, 0) is 10.0 Å². The van der Waals surface area contributed by atoms with Gasteiger partial charge in [-0.15, -0.1) is 0 Å². The third-order valence-corrected chi connectivity index (χ3v) is 6.92. The molecule has 128 valence electrons. The minimum Gasteiger partial charge on any atom is -0.490 e. The Hall–Kier alpha value is -1.11. The van der Waals surface area contributed by atoms with Crippen LogP contribution in [0.1, 0.15) is 45.4 Å². The van der Waals surface area contributed by atoms with E-state index in [-0.39, 0.29) is 18.2 Å². The molecule has 5 nitrogen and oxygen atoms in total. The van der Waals surface area contributed by atoms with Crippen molar-refractivity contribution in [3.63, 3.8) is 0 Å². The summed E-state index contributed by atoms with van der Waals surface area (Å²) in [6.07, 6.45) is 6.31. The van der Waals surface area contributed by atoms with Crippen molar-refractivity contribution in [2.45, 2.75) is 68.5 Å². The predicted octanol–water partition coefficient (Wildman–Crippen LogP) is 2.51. The molecular weight excluding hydrogens is 312 g/mol. The van der Waals surface area contributed by atoms with Crippen LogP contribution in [0.25, 0.3) is 0 Å². The topological polar surface area (TPSA) is 72.6 Å². The molecule has 2 aliphatic rings. The Morgan fingerprint density at radius 1 is 1.13 bits per heavy atom. The van der Waals surface area contributed by atoms with Crippen molar-refractivity contribution in [1.29, 1.82) is 0 Å². The highest BCUT2D eigenvalue weighted by atomic mass is 32.2. The molecule has 0 bridgehead atoms. The number of hydrogen-bond acceptors (Lipinski definition) is 4. The summed E-state index contributed by atoms with van der Waals surface area (Å²) < 4.78 is 33.1. The second-order valence-electron chi connectivity index (χ2n) is 6.74. The molecule has 1 heterocycles. The maximum absolute atomic E-state index is 12.8. The average molecular weight is 338 g/mol. The molecule has 0 aromatic heterocycles. The van der Waals surface area contributed by atoms with Crippen molar-refractivity contribution >= 4 is 10.0 Å². The summed E-state index contributed by atoms with van der Waals surface area (Å²) in [6, 6.07) is 6.88. The number of nitrogens with zero attached hydrogens (tertiary/aromatic N) is 1. The second-order valence-corrected chi connectivity index (χ2v) is 8.64. The van der Waals surface area contributed by atoms with E-state index in [2.05, 4.69) is 0 Å². The quantitative estimate of drug-likeness (QED) is 0.915. The standard InChI is InChI=1S/C17H26N2O3S/c1-13-12-14(18)10-11-19(13)23(20,21)17-8-6-16(7-9-17)22-15-4-2-3-5-15/h6-9,13-15H,2-5,10-12,18H2,1H3/t13-,14-/m1/s1. The summed E-state index contributed by atoms with van der Waals surface area (Å²) in [5.41, 5.74) is 5.93. The van der Waals surface area contributed by atoms with Gasteiger partial charge in [0.25, 0.3) is 0 Å². The fourth-order valence-corrected chi connectivity index (χ4v) is 5.22. The first-order valence-electron chi connectivity index (χ1n) is 8.51. The van der Waals surface area contributed by atoms with Gasteiger partial charge < -0.3 is 10.5 Å². The van der Waals surface area contributed by atoms with Gasteiger partial charge in [-0.25, -0.2) is 8.42 Å². The van der Waals surface area contributed by atoms with Crippen molar-refractivity contribution in [3.05, 3.63) is 24.3 Å². The highest BCUT2D eigenvalue weighted by molar-refractivity contribution is 7.89. The molecular formula is C17H26N2O3S. The first kappa shape index (κ1) is 16.7. The van der Waals surface area contributed by atoms with Gasteiger partial charge in [-0.3, -0.25) is 0 Å². The zero-order valence-corrected chi connectivity index (χ0v) is 14.5. The van der Waals surface area contributed by atoms with E-state index in [0.29, 0.717) is 24.3 Å². The van der Waals surface area contributed by atoms with E-state index in [0.717, 1.165) is 18.6 Å².